The second-order valence-electron chi connectivity index (χ2n) is 5.57. The number of aryl methyl sites for hydroxylation is 1. The summed E-state index contributed by atoms with van der Waals surface area (Å²) in [5, 5.41) is 6.59. The van der Waals surface area contributed by atoms with Gasteiger partial charge in [0, 0.05) is 5.69 Å². The standard InChI is InChI=1S/C19H20IN3O4/c1-12-6-4-5-7-15(12)22-17(24)10-18(25)23-21-11-13-8-14(20)19(27-3)16(9-13)26-2/h4-9,11H,10H2,1-3H3,(H,22,24)(H,23,25). The molecule has 0 aliphatic heterocycles. The lowest BCUT2D eigenvalue weighted by atomic mass is 10.2. The normalized spacial score (nSPS) is 10.5. The van der Waals surface area contributed by atoms with Crippen molar-refractivity contribution >= 4 is 46.3 Å². The molecule has 0 spiro atoms. The molecule has 142 valence electrons. The number of para-hydroxylation sites is 1. The fourth-order valence-electron chi connectivity index (χ4n) is 2.28. The minimum atomic E-state index is -0.507. The van der Waals surface area contributed by atoms with E-state index < -0.39 is 11.8 Å². The highest BCUT2D eigenvalue weighted by molar-refractivity contribution is 14.1. The van der Waals surface area contributed by atoms with Gasteiger partial charge >= 0.3 is 0 Å². The number of amides is 2. The van der Waals surface area contributed by atoms with Gasteiger partial charge in [0.2, 0.25) is 11.8 Å². The molecule has 0 aliphatic carbocycles. The van der Waals surface area contributed by atoms with Crippen LogP contribution < -0.4 is 20.2 Å². The molecule has 2 aromatic rings. The van der Waals surface area contributed by atoms with Crippen LogP contribution >= 0.6 is 22.6 Å². The van der Waals surface area contributed by atoms with Gasteiger partial charge in [0.15, 0.2) is 11.5 Å². The van der Waals surface area contributed by atoms with Crippen LogP contribution in [-0.2, 0) is 9.59 Å². The molecule has 0 saturated heterocycles. The smallest absolute Gasteiger partial charge is 0.249 e. The number of nitrogens with one attached hydrogen (secondary N) is 2. The van der Waals surface area contributed by atoms with Gasteiger partial charge in [0.25, 0.3) is 0 Å². The highest BCUT2D eigenvalue weighted by atomic mass is 127. The Labute approximate surface area is 171 Å². The van der Waals surface area contributed by atoms with Crippen LogP contribution in [0.2, 0.25) is 0 Å². The van der Waals surface area contributed by atoms with Crippen molar-refractivity contribution in [3.05, 3.63) is 51.1 Å². The van der Waals surface area contributed by atoms with E-state index in [1.165, 1.54) is 6.21 Å². The summed E-state index contributed by atoms with van der Waals surface area (Å²) < 4.78 is 11.4. The number of hydrogen-bond donors (Lipinski definition) is 2. The molecule has 7 nitrogen and oxygen atoms in total. The van der Waals surface area contributed by atoms with Gasteiger partial charge in [-0.2, -0.15) is 5.10 Å². The lowest BCUT2D eigenvalue weighted by Crippen LogP contribution is -2.24. The van der Waals surface area contributed by atoms with Crippen molar-refractivity contribution in [1.82, 2.24) is 5.43 Å². The molecule has 0 radical (unpaired) electrons. The first-order valence-electron chi connectivity index (χ1n) is 8.03. The highest BCUT2D eigenvalue weighted by Crippen LogP contribution is 2.32. The third kappa shape index (κ3) is 5.95. The second kappa shape index (κ2) is 9.91. The quantitative estimate of drug-likeness (QED) is 0.276. The fourth-order valence-corrected chi connectivity index (χ4v) is 3.13. The number of benzene rings is 2. The first-order chi connectivity index (χ1) is 12.9. The Balaban J connectivity index is 1.92. The van der Waals surface area contributed by atoms with Crippen molar-refractivity contribution in [1.29, 1.82) is 0 Å². The number of halogens is 1. The van der Waals surface area contributed by atoms with Gasteiger partial charge in [-0.15, -0.1) is 0 Å². The molecular formula is C19H20IN3O4. The molecule has 2 aromatic carbocycles. The maximum atomic E-state index is 12.0. The SMILES string of the molecule is COc1cc(C=NNC(=O)CC(=O)Nc2ccccc2C)cc(I)c1OC. The van der Waals surface area contributed by atoms with Crippen LogP contribution in [-0.4, -0.2) is 32.2 Å². The van der Waals surface area contributed by atoms with Crippen LogP contribution in [0.25, 0.3) is 0 Å². The highest BCUT2D eigenvalue weighted by Gasteiger charge is 2.11. The molecule has 0 heterocycles. The van der Waals surface area contributed by atoms with E-state index in [1.807, 2.05) is 31.2 Å². The van der Waals surface area contributed by atoms with E-state index in [0.717, 1.165) is 14.7 Å². The van der Waals surface area contributed by atoms with Crippen molar-refractivity contribution in [3.8, 4) is 11.5 Å². The molecule has 8 heteroatoms. The van der Waals surface area contributed by atoms with Crippen LogP contribution in [0.15, 0.2) is 41.5 Å². The van der Waals surface area contributed by atoms with Gasteiger partial charge in [-0.05, 0) is 58.8 Å². The summed E-state index contributed by atoms with van der Waals surface area (Å²) in [6.45, 7) is 1.88. The van der Waals surface area contributed by atoms with Gasteiger partial charge in [0.05, 0.1) is 24.0 Å². The molecule has 27 heavy (non-hydrogen) atoms. The number of carbonyl (C=O) groups is 2. The van der Waals surface area contributed by atoms with Crippen molar-refractivity contribution < 1.29 is 19.1 Å². The van der Waals surface area contributed by atoms with Gasteiger partial charge in [-0.25, -0.2) is 5.43 Å². The number of hydrazone groups is 1. The molecule has 0 aliphatic rings. The van der Waals surface area contributed by atoms with Crippen LogP contribution in [0.3, 0.4) is 0 Å². The predicted octanol–water partition coefficient (Wildman–Crippen LogP) is 3.10. The van der Waals surface area contributed by atoms with E-state index in [0.29, 0.717) is 17.2 Å². The Kier molecular flexibility index (Phi) is 7.59. The number of anilines is 1. The van der Waals surface area contributed by atoms with Crippen LogP contribution in [0.1, 0.15) is 17.5 Å². The lowest BCUT2D eigenvalue weighted by molar-refractivity contribution is -0.126. The van der Waals surface area contributed by atoms with Gasteiger partial charge in [-0.1, -0.05) is 18.2 Å². The minimum Gasteiger partial charge on any atom is -0.493 e. The summed E-state index contributed by atoms with van der Waals surface area (Å²) in [6, 6.07) is 10.9. The molecule has 2 rings (SSSR count). The van der Waals surface area contributed by atoms with Crippen LogP contribution in [0.4, 0.5) is 5.69 Å². The monoisotopic (exact) mass is 481 g/mol. The summed E-state index contributed by atoms with van der Waals surface area (Å²) in [5.74, 6) is 0.284. The van der Waals surface area contributed by atoms with E-state index in [-0.39, 0.29) is 6.42 Å². The fraction of sp³-hybridized carbons (Fsp3) is 0.211. The Morgan fingerprint density at radius 1 is 1.15 bits per heavy atom. The van der Waals surface area contributed by atoms with Crippen molar-refractivity contribution in [2.75, 3.05) is 19.5 Å². The van der Waals surface area contributed by atoms with Crippen LogP contribution in [0, 0.1) is 10.5 Å². The summed E-state index contributed by atoms with van der Waals surface area (Å²) in [7, 11) is 3.11. The predicted molar refractivity (Wildman–Crippen MR) is 112 cm³/mol. The maximum absolute atomic E-state index is 12.0. The van der Waals surface area contributed by atoms with Crippen LogP contribution in [0.5, 0.6) is 11.5 Å². The number of ether oxygens (including phenoxy) is 2. The Hall–Kier alpha value is -2.62. The molecule has 0 atom stereocenters. The van der Waals surface area contributed by atoms with Crippen molar-refractivity contribution in [2.45, 2.75) is 13.3 Å². The molecule has 0 aromatic heterocycles. The van der Waals surface area contributed by atoms with Crippen molar-refractivity contribution in [3.63, 3.8) is 0 Å². The largest absolute Gasteiger partial charge is 0.493 e. The zero-order chi connectivity index (χ0) is 19.8. The third-order valence-electron chi connectivity index (χ3n) is 3.60. The first-order valence-corrected chi connectivity index (χ1v) is 9.11. The molecule has 2 amide bonds. The average molecular weight is 481 g/mol. The van der Waals surface area contributed by atoms with Gasteiger partial charge in [0.1, 0.15) is 6.42 Å². The van der Waals surface area contributed by atoms with E-state index in [1.54, 1.807) is 26.4 Å². The topological polar surface area (TPSA) is 89.0 Å². The number of hydrogen-bond acceptors (Lipinski definition) is 5. The van der Waals surface area contributed by atoms with E-state index in [4.69, 9.17) is 9.47 Å². The zero-order valence-corrected chi connectivity index (χ0v) is 17.4. The zero-order valence-electron chi connectivity index (χ0n) is 15.2. The van der Waals surface area contributed by atoms with Gasteiger partial charge in [-0.3, -0.25) is 9.59 Å². The number of rotatable bonds is 7. The molecule has 0 bridgehead atoms. The van der Waals surface area contributed by atoms with E-state index in [9.17, 15) is 9.59 Å². The average Bonchev–Trinajstić information content (AvgIpc) is 2.63. The molecule has 0 unspecified atom stereocenters. The number of carbonyl (C=O) groups excluding carboxylic acids is 2. The molecular weight excluding hydrogens is 461 g/mol. The Morgan fingerprint density at radius 3 is 2.56 bits per heavy atom. The summed E-state index contributed by atoms with van der Waals surface area (Å²) >= 11 is 2.12. The molecule has 2 N–H and O–H groups in total. The summed E-state index contributed by atoms with van der Waals surface area (Å²) in [5.41, 5.74) is 4.67. The van der Waals surface area contributed by atoms with Crippen molar-refractivity contribution in [2.24, 2.45) is 5.10 Å². The number of methoxy groups -OCH3 is 2. The summed E-state index contributed by atoms with van der Waals surface area (Å²) in [6.07, 6.45) is 1.15. The third-order valence-corrected chi connectivity index (χ3v) is 4.40. The molecule has 0 fully saturated rings. The Bertz CT molecular complexity index is 868. The summed E-state index contributed by atoms with van der Waals surface area (Å²) in [4.78, 5) is 23.8. The lowest BCUT2D eigenvalue weighted by Gasteiger charge is -2.10. The first kappa shape index (κ1) is 20.7. The van der Waals surface area contributed by atoms with E-state index >= 15 is 0 Å². The van der Waals surface area contributed by atoms with Gasteiger partial charge < -0.3 is 14.8 Å². The van der Waals surface area contributed by atoms with E-state index in [2.05, 4.69) is 38.4 Å². The minimum absolute atomic E-state index is 0.324. The maximum Gasteiger partial charge on any atom is 0.249 e. The number of nitrogens with zero attached hydrogens (tertiary/aromatic N) is 1. The molecule has 0 saturated carbocycles. The second-order valence-corrected chi connectivity index (χ2v) is 6.73. The Morgan fingerprint density at radius 2 is 1.89 bits per heavy atom.